The van der Waals surface area contributed by atoms with Crippen LogP contribution in [0.1, 0.15) is 32.1 Å². The summed E-state index contributed by atoms with van der Waals surface area (Å²) in [6.45, 7) is 0. The second-order valence-electron chi connectivity index (χ2n) is 3.69. The van der Waals surface area contributed by atoms with Crippen LogP contribution in [0.2, 0.25) is 0 Å². The van der Waals surface area contributed by atoms with Gasteiger partial charge in [0.25, 0.3) is 0 Å². The largest absolute Gasteiger partial charge is 0.0667 e. The van der Waals surface area contributed by atoms with Crippen LogP contribution in [0.4, 0.5) is 0 Å². The summed E-state index contributed by atoms with van der Waals surface area (Å²) in [5.74, 6) is 2.21. The van der Waals surface area contributed by atoms with Crippen LogP contribution in [-0.4, -0.2) is 0 Å². The standard InChI is InChI=1S/C9H12/c1-2-6-7(3-1)9-5-4-8(6)9/h6-7H,1-5H2. The van der Waals surface area contributed by atoms with Crippen molar-refractivity contribution in [1.82, 2.24) is 0 Å². The number of allylic oxidation sites excluding steroid dienone is 2. The van der Waals surface area contributed by atoms with Crippen LogP contribution in [-0.2, 0) is 0 Å². The van der Waals surface area contributed by atoms with Crippen molar-refractivity contribution >= 4 is 0 Å². The van der Waals surface area contributed by atoms with Gasteiger partial charge in [-0.25, -0.2) is 0 Å². The van der Waals surface area contributed by atoms with E-state index in [1.165, 1.54) is 32.1 Å². The Morgan fingerprint density at radius 2 is 1.44 bits per heavy atom. The van der Waals surface area contributed by atoms with Crippen molar-refractivity contribution in [2.75, 3.05) is 0 Å². The first-order chi connectivity index (χ1) is 4.47. The van der Waals surface area contributed by atoms with Crippen molar-refractivity contribution in [3.05, 3.63) is 11.1 Å². The van der Waals surface area contributed by atoms with Gasteiger partial charge in [0.2, 0.25) is 0 Å². The highest BCUT2D eigenvalue weighted by atomic mass is 14.5. The van der Waals surface area contributed by atoms with Gasteiger partial charge in [0.15, 0.2) is 0 Å². The fraction of sp³-hybridized carbons (Fsp3) is 0.778. The fourth-order valence-electron chi connectivity index (χ4n) is 2.96. The van der Waals surface area contributed by atoms with Crippen molar-refractivity contribution in [2.45, 2.75) is 32.1 Å². The van der Waals surface area contributed by atoms with E-state index in [4.69, 9.17) is 0 Å². The van der Waals surface area contributed by atoms with E-state index in [0.29, 0.717) is 0 Å². The van der Waals surface area contributed by atoms with Crippen molar-refractivity contribution in [1.29, 1.82) is 0 Å². The number of fused-ring (bicyclic) bond motifs is 3. The molecule has 0 saturated heterocycles. The molecule has 0 bridgehead atoms. The second kappa shape index (κ2) is 1.25. The monoisotopic (exact) mass is 120 g/mol. The van der Waals surface area contributed by atoms with Gasteiger partial charge in [-0.05, 0) is 37.5 Å². The molecule has 0 N–H and O–H groups in total. The second-order valence-corrected chi connectivity index (χ2v) is 3.69. The molecule has 0 heterocycles. The lowest BCUT2D eigenvalue weighted by molar-refractivity contribution is 0.346. The molecule has 0 aromatic heterocycles. The molecular formula is C9H12. The molecule has 2 atom stereocenters. The Kier molecular flexibility index (Phi) is 0.633. The molecule has 0 amide bonds. The summed E-state index contributed by atoms with van der Waals surface area (Å²) in [6, 6.07) is 0. The average Bonchev–Trinajstić information content (AvgIpc) is 2.13. The van der Waals surface area contributed by atoms with Crippen LogP contribution < -0.4 is 0 Å². The highest BCUT2D eigenvalue weighted by molar-refractivity contribution is 5.41. The van der Waals surface area contributed by atoms with Gasteiger partial charge in [-0.3, -0.25) is 0 Å². The molecule has 0 aliphatic heterocycles. The van der Waals surface area contributed by atoms with Gasteiger partial charge in [-0.2, -0.15) is 0 Å². The molecule has 1 fully saturated rings. The topological polar surface area (TPSA) is 0 Å². The minimum Gasteiger partial charge on any atom is -0.0667 e. The third kappa shape index (κ3) is 0.357. The molecule has 3 rings (SSSR count). The Morgan fingerprint density at radius 1 is 0.889 bits per heavy atom. The summed E-state index contributed by atoms with van der Waals surface area (Å²) < 4.78 is 0. The molecule has 0 heteroatoms. The van der Waals surface area contributed by atoms with Crippen LogP contribution in [0.3, 0.4) is 0 Å². The number of rotatable bonds is 0. The fourth-order valence-corrected chi connectivity index (χ4v) is 2.96. The molecular weight excluding hydrogens is 108 g/mol. The first-order valence-electron chi connectivity index (χ1n) is 4.18. The molecule has 2 unspecified atom stereocenters. The Balaban J connectivity index is 2.02. The predicted molar refractivity (Wildman–Crippen MR) is 37.1 cm³/mol. The van der Waals surface area contributed by atoms with E-state index in [1.54, 1.807) is 0 Å². The smallest absolute Gasteiger partial charge is 0.0135 e. The lowest BCUT2D eigenvalue weighted by Crippen LogP contribution is -2.32. The third-order valence-corrected chi connectivity index (χ3v) is 3.49. The lowest BCUT2D eigenvalue weighted by Gasteiger charge is -2.45. The van der Waals surface area contributed by atoms with Gasteiger partial charge < -0.3 is 0 Å². The van der Waals surface area contributed by atoms with E-state index in [0.717, 1.165) is 11.8 Å². The summed E-state index contributed by atoms with van der Waals surface area (Å²) in [5, 5.41) is 0. The minimum absolute atomic E-state index is 1.11. The molecule has 3 aliphatic carbocycles. The van der Waals surface area contributed by atoms with Crippen molar-refractivity contribution in [3.63, 3.8) is 0 Å². The van der Waals surface area contributed by atoms with Crippen LogP contribution in [0.5, 0.6) is 0 Å². The van der Waals surface area contributed by atoms with E-state index in [1.807, 2.05) is 11.1 Å². The zero-order chi connectivity index (χ0) is 5.84. The van der Waals surface area contributed by atoms with E-state index in [9.17, 15) is 0 Å². The number of hydrogen-bond acceptors (Lipinski definition) is 0. The van der Waals surface area contributed by atoms with Gasteiger partial charge in [0.1, 0.15) is 0 Å². The maximum atomic E-state index is 1.89. The normalized spacial score (nSPS) is 45.3. The van der Waals surface area contributed by atoms with Crippen LogP contribution in [0.15, 0.2) is 11.1 Å². The highest BCUT2D eigenvalue weighted by Gasteiger charge is 2.46. The first kappa shape index (κ1) is 4.54. The van der Waals surface area contributed by atoms with Crippen LogP contribution in [0.25, 0.3) is 0 Å². The molecule has 0 aromatic carbocycles. The first-order valence-corrected chi connectivity index (χ1v) is 4.18. The molecule has 0 aromatic rings. The lowest BCUT2D eigenvalue weighted by atomic mass is 9.60. The van der Waals surface area contributed by atoms with Gasteiger partial charge in [0.05, 0.1) is 0 Å². The molecule has 48 valence electrons. The molecule has 0 radical (unpaired) electrons. The van der Waals surface area contributed by atoms with Gasteiger partial charge in [0, 0.05) is 0 Å². The Hall–Kier alpha value is -0.260. The minimum atomic E-state index is 1.11. The Morgan fingerprint density at radius 3 is 1.89 bits per heavy atom. The van der Waals surface area contributed by atoms with Crippen molar-refractivity contribution in [2.24, 2.45) is 11.8 Å². The third-order valence-electron chi connectivity index (χ3n) is 3.49. The summed E-state index contributed by atoms with van der Waals surface area (Å²) in [4.78, 5) is 0. The average molecular weight is 120 g/mol. The zero-order valence-electron chi connectivity index (χ0n) is 5.69. The molecule has 0 spiro atoms. The predicted octanol–water partition coefficient (Wildman–Crippen LogP) is 2.51. The number of hydrogen-bond donors (Lipinski definition) is 0. The molecule has 1 saturated carbocycles. The summed E-state index contributed by atoms with van der Waals surface area (Å²) >= 11 is 0. The van der Waals surface area contributed by atoms with E-state index >= 15 is 0 Å². The Labute approximate surface area is 56.0 Å². The van der Waals surface area contributed by atoms with E-state index < -0.39 is 0 Å². The Bertz CT molecular complexity index is 168. The maximum absolute atomic E-state index is 1.89. The molecule has 9 heavy (non-hydrogen) atoms. The van der Waals surface area contributed by atoms with Gasteiger partial charge in [-0.1, -0.05) is 17.6 Å². The highest BCUT2D eigenvalue weighted by Crippen LogP contribution is 2.59. The van der Waals surface area contributed by atoms with E-state index in [-0.39, 0.29) is 0 Å². The maximum Gasteiger partial charge on any atom is -0.0135 e. The van der Waals surface area contributed by atoms with E-state index in [2.05, 4.69) is 0 Å². The molecule has 0 nitrogen and oxygen atoms in total. The van der Waals surface area contributed by atoms with Crippen molar-refractivity contribution in [3.8, 4) is 0 Å². The van der Waals surface area contributed by atoms with Gasteiger partial charge >= 0.3 is 0 Å². The SMILES string of the molecule is C1CC2C3=C(CC3)C2C1. The summed E-state index contributed by atoms with van der Waals surface area (Å²) in [7, 11) is 0. The summed E-state index contributed by atoms with van der Waals surface area (Å²) in [5.41, 5.74) is 3.77. The van der Waals surface area contributed by atoms with Crippen LogP contribution in [0, 0.1) is 11.8 Å². The quantitative estimate of drug-likeness (QED) is 0.431. The molecule has 3 aliphatic rings. The summed E-state index contributed by atoms with van der Waals surface area (Å²) in [6.07, 6.45) is 7.52. The van der Waals surface area contributed by atoms with Crippen molar-refractivity contribution < 1.29 is 0 Å². The zero-order valence-corrected chi connectivity index (χ0v) is 5.69. The van der Waals surface area contributed by atoms with Crippen LogP contribution >= 0.6 is 0 Å². The van der Waals surface area contributed by atoms with Gasteiger partial charge in [-0.15, -0.1) is 0 Å².